The summed E-state index contributed by atoms with van der Waals surface area (Å²) in [7, 11) is -0.686. The second-order valence-corrected chi connectivity index (χ2v) is 17.3. The normalized spacial score (nSPS) is 23.5. The fraction of sp³-hybridized carbons (Fsp3) is 0.528. The molecule has 3 heterocycles. The summed E-state index contributed by atoms with van der Waals surface area (Å²) in [5, 5.41) is 9.16. The Hall–Kier alpha value is -4.24. The van der Waals surface area contributed by atoms with E-state index in [0.717, 1.165) is 35.4 Å². The van der Waals surface area contributed by atoms with Crippen LogP contribution in [0, 0.1) is 5.92 Å². The molecule has 0 unspecified atom stereocenters. The number of pyridine rings is 1. The number of carbonyl (C=O) groups is 3. The molecule has 2 aliphatic carbocycles. The third-order valence-corrected chi connectivity index (χ3v) is 13.1. The van der Waals surface area contributed by atoms with E-state index < -0.39 is 44.2 Å². The van der Waals surface area contributed by atoms with Gasteiger partial charge in [-0.3, -0.25) is 14.3 Å². The maximum absolute atomic E-state index is 14.0. The molecule has 2 aromatic heterocycles. The number of sulfonamides is 1. The summed E-state index contributed by atoms with van der Waals surface area (Å²) in [6.45, 7) is 6.28. The Morgan fingerprint density at radius 3 is 2.67 bits per heavy atom. The lowest BCUT2D eigenvalue weighted by Gasteiger charge is -2.26. The van der Waals surface area contributed by atoms with E-state index in [1.807, 2.05) is 41.8 Å². The molecule has 0 saturated heterocycles. The second kappa shape index (κ2) is 14.4. The lowest BCUT2D eigenvalue weighted by molar-refractivity contribution is -0.130. The molecule has 3 N–H and O–H groups in total. The van der Waals surface area contributed by atoms with Crippen molar-refractivity contribution in [2.75, 3.05) is 27.3 Å². The van der Waals surface area contributed by atoms with Crippen molar-refractivity contribution in [3.8, 4) is 22.2 Å². The maximum Gasteiger partial charge on any atom is 0.317 e. The van der Waals surface area contributed by atoms with Crippen molar-refractivity contribution in [1.29, 1.82) is 0 Å². The van der Waals surface area contributed by atoms with Gasteiger partial charge in [0.1, 0.15) is 33.8 Å². The third-order valence-electron chi connectivity index (χ3n) is 10.0. The summed E-state index contributed by atoms with van der Waals surface area (Å²) in [6, 6.07) is 5.78. The average Bonchev–Trinajstić information content (AvgIpc) is 3.96. The summed E-state index contributed by atoms with van der Waals surface area (Å²) in [5.74, 6) is -0.350. The zero-order chi connectivity index (χ0) is 36.6. The third kappa shape index (κ3) is 7.83. The lowest BCUT2D eigenvalue weighted by atomic mass is 10.1. The van der Waals surface area contributed by atoms with Crippen LogP contribution in [0.2, 0.25) is 0 Å². The Bertz CT molecular complexity index is 1960. The van der Waals surface area contributed by atoms with Crippen LogP contribution in [-0.2, 0) is 19.6 Å². The second-order valence-electron chi connectivity index (χ2n) is 14.3. The van der Waals surface area contributed by atoms with E-state index in [4.69, 9.17) is 19.4 Å². The molecule has 51 heavy (non-hydrogen) atoms. The van der Waals surface area contributed by atoms with Gasteiger partial charge in [0.25, 0.3) is 5.91 Å². The van der Waals surface area contributed by atoms with Gasteiger partial charge in [0.2, 0.25) is 15.9 Å². The molecule has 0 radical (unpaired) electrons. The molecule has 13 nitrogen and oxygen atoms in total. The molecule has 3 aromatic rings. The molecule has 274 valence electrons. The molecule has 15 heteroatoms. The number of nitrogens with one attached hydrogen (secondary N) is 3. The molecule has 0 bridgehead atoms. The van der Waals surface area contributed by atoms with E-state index in [9.17, 15) is 22.8 Å². The summed E-state index contributed by atoms with van der Waals surface area (Å²) in [6.07, 6.45) is 7.37. The minimum Gasteiger partial charge on any atom is -0.497 e. The number of methoxy groups -OCH3 is 1. The number of carbonyl (C=O) groups excluding carboxylic acids is 3. The van der Waals surface area contributed by atoms with Crippen molar-refractivity contribution in [2.45, 2.75) is 88.0 Å². The molecule has 4 amide bonds. The molecular formula is C36H46N6O7S2. The summed E-state index contributed by atoms with van der Waals surface area (Å²) in [4.78, 5) is 52.0. The number of fused-ring (bicyclic) bond motifs is 2. The van der Waals surface area contributed by atoms with Crippen LogP contribution in [0.25, 0.3) is 21.6 Å². The SMILES string of the molecule is COc1ccc2c(OCC[C@@H]3NC(=O)N(C)CCCCC=C[C@@H]4C[C@@]4(C(=O)NS(=O)(=O)C4(C)CC4)NC3=O)cc(-c3nc(C(C)C)cs3)nc2c1. The van der Waals surface area contributed by atoms with E-state index in [1.165, 1.54) is 16.2 Å². The van der Waals surface area contributed by atoms with Crippen LogP contribution in [0.4, 0.5) is 4.79 Å². The maximum atomic E-state index is 14.0. The summed E-state index contributed by atoms with van der Waals surface area (Å²) in [5.41, 5.74) is 0.780. The average molecular weight is 739 g/mol. The molecule has 0 spiro atoms. The van der Waals surface area contributed by atoms with E-state index in [2.05, 4.69) is 29.2 Å². The van der Waals surface area contributed by atoms with Gasteiger partial charge in [-0.1, -0.05) is 26.0 Å². The highest BCUT2D eigenvalue weighted by molar-refractivity contribution is 7.91. The number of amides is 4. The number of thiazole rings is 1. The first-order chi connectivity index (χ1) is 24.2. The van der Waals surface area contributed by atoms with Crippen LogP contribution < -0.4 is 24.8 Å². The van der Waals surface area contributed by atoms with Crippen molar-refractivity contribution in [1.82, 2.24) is 30.2 Å². The van der Waals surface area contributed by atoms with Gasteiger partial charge in [0.15, 0.2) is 0 Å². The van der Waals surface area contributed by atoms with Gasteiger partial charge in [-0.05, 0) is 63.5 Å². The zero-order valence-corrected chi connectivity index (χ0v) is 31.3. The van der Waals surface area contributed by atoms with E-state index >= 15 is 0 Å². The van der Waals surface area contributed by atoms with Crippen LogP contribution in [0.1, 0.15) is 77.3 Å². The highest BCUT2D eigenvalue weighted by Gasteiger charge is 2.62. The Kier molecular flexibility index (Phi) is 10.3. The predicted octanol–water partition coefficient (Wildman–Crippen LogP) is 4.88. The number of urea groups is 1. The highest BCUT2D eigenvalue weighted by atomic mass is 32.2. The smallest absolute Gasteiger partial charge is 0.317 e. The first-order valence-electron chi connectivity index (χ1n) is 17.4. The van der Waals surface area contributed by atoms with Crippen molar-refractivity contribution in [3.63, 3.8) is 0 Å². The van der Waals surface area contributed by atoms with Crippen LogP contribution in [0.3, 0.4) is 0 Å². The van der Waals surface area contributed by atoms with Gasteiger partial charge in [0, 0.05) is 48.8 Å². The zero-order valence-electron chi connectivity index (χ0n) is 29.7. The largest absolute Gasteiger partial charge is 0.497 e. The van der Waals surface area contributed by atoms with Crippen molar-refractivity contribution >= 4 is 50.1 Å². The lowest BCUT2D eigenvalue weighted by Crippen LogP contribution is -2.58. The van der Waals surface area contributed by atoms with Gasteiger partial charge in [-0.2, -0.15) is 0 Å². The van der Waals surface area contributed by atoms with Gasteiger partial charge in [-0.25, -0.2) is 23.2 Å². The number of rotatable bonds is 10. The Morgan fingerprint density at radius 2 is 1.96 bits per heavy atom. The minimum atomic E-state index is -3.94. The topological polar surface area (TPSA) is 169 Å². The van der Waals surface area contributed by atoms with Crippen LogP contribution in [0.15, 0.2) is 41.8 Å². The Balaban J connectivity index is 1.25. The van der Waals surface area contributed by atoms with E-state index in [-0.39, 0.29) is 31.3 Å². The fourth-order valence-electron chi connectivity index (χ4n) is 6.06. The Labute approximate surface area is 302 Å². The first-order valence-corrected chi connectivity index (χ1v) is 19.8. The van der Waals surface area contributed by atoms with Gasteiger partial charge in [0.05, 0.1) is 29.7 Å². The summed E-state index contributed by atoms with van der Waals surface area (Å²) < 4.78 is 39.1. The van der Waals surface area contributed by atoms with Crippen molar-refractivity contribution in [3.05, 3.63) is 47.5 Å². The minimum absolute atomic E-state index is 0.0248. The number of nitrogens with zero attached hydrogens (tertiary/aromatic N) is 3. The van der Waals surface area contributed by atoms with Gasteiger partial charge < -0.3 is 25.0 Å². The molecule has 1 aliphatic heterocycles. The molecule has 6 rings (SSSR count). The number of ether oxygens (including phenoxy) is 2. The number of benzene rings is 1. The molecule has 2 fully saturated rings. The van der Waals surface area contributed by atoms with Crippen LogP contribution in [0.5, 0.6) is 11.5 Å². The predicted molar refractivity (Wildman–Crippen MR) is 195 cm³/mol. The monoisotopic (exact) mass is 738 g/mol. The Morgan fingerprint density at radius 1 is 1.18 bits per heavy atom. The van der Waals surface area contributed by atoms with Crippen LogP contribution >= 0.6 is 11.3 Å². The summed E-state index contributed by atoms with van der Waals surface area (Å²) >= 11 is 1.49. The molecule has 1 aromatic carbocycles. The molecule has 3 aliphatic rings. The van der Waals surface area contributed by atoms with Crippen LogP contribution in [-0.4, -0.2) is 84.8 Å². The van der Waals surface area contributed by atoms with Gasteiger partial charge >= 0.3 is 6.03 Å². The molecule has 3 atom stereocenters. The van der Waals surface area contributed by atoms with Gasteiger partial charge in [-0.15, -0.1) is 11.3 Å². The molecular weight excluding hydrogens is 693 g/mol. The fourth-order valence-corrected chi connectivity index (χ4v) is 8.31. The first kappa shape index (κ1) is 36.5. The highest BCUT2D eigenvalue weighted by Crippen LogP contribution is 2.47. The number of allylic oxidation sites excluding steroid dienone is 1. The number of hydrogen-bond donors (Lipinski definition) is 3. The quantitative estimate of drug-likeness (QED) is 0.246. The van der Waals surface area contributed by atoms with E-state index in [0.29, 0.717) is 42.1 Å². The molecule has 2 saturated carbocycles. The van der Waals surface area contributed by atoms with E-state index in [1.54, 1.807) is 21.1 Å². The standard InChI is InChI=1S/C36H46N6O7S2/c1-22(2)29-21-50-32(38-29)28-19-30(25-12-11-24(48-5)18-27(25)37-28)49-17-13-26-31(43)40-36(33(44)41-51(46,47)35(3)14-15-35)20-23(36)10-8-6-7-9-16-42(4)34(45)39-26/h8,10-12,18-19,21-23,26H,6-7,9,13-17,20H2,1-5H3,(H,39,45)(H,40,43)(H,41,44)/t23-,26+,36-/m1/s1. The van der Waals surface area contributed by atoms with Crippen molar-refractivity contribution < 1.29 is 32.3 Å². The number of aromatic nitrogens is 2. The number of hydrogen-bond acceptors (Lipinski definition) is 10. The van der Waals surface area contributed by atoms with Crippen molar-refractivity contribution in [2.24, 2.45) is 5.92 Å².